The summed E-state index contributed by atoms with van der Waals surface area (Å²) < 4.78 is 11.1. The minimum atomic E-state index is -0.645. The van der Waals surface area contributed by atoms with Gasteiger partial charge in [-0.05, 0) is 81.5 Å². The lowest BCUT2D eigenvalue weighted by Crippen LogP contribution is -2.51. The van der Waals surface area contributed by atoms with Crippen LogP contribution < -0.4 is 15.5 Å². The second-order valence-corrected chi connectivity index (χ2v) is 13.6. The highest BCUT2D eigenvalue weighted by Gasteiger charge is 2.29. The number of nitrogens with zero attached hydrogens (tertiary/aromatic N) is 1. The molecule has 9 heteroatoms. The Bertz CT molecular complexity index is 1140. The summed E-state index contributed by atoms with van der Waals surface area (Å²) in [6, 6.07) is 14.8. The molecular weight excluding hydrogens is 550 g/mol. The lowest BCUT2D eigenvalue weighted by Gasteiger charge is -2.32. The molecule has 1 heterocycles. The van der Waals surface area contributed by atoms with E-state index < -0.39 is 11.7 Å². The number of morpholine rings is 1. The number of hydrogen-bond donors (Lipinski definition) is 3. The van der Waals surface area contributed by atoms with Crippen molar-refractivity contribution in [1.29, 1.82) is 0 Å². The molecule has 2 aromatic rings. The van der Waals surface area contributed by atoms with E-state index in [1.807, 2.05) is 32.5 Å². The second-order valence-electron chi connectivity index (χ2n) is 12.3. The number of rotatable bonds is 11. The first-order valence-corrected chi connectivity index (χ1v) is 16.3. The van der Waals surface area contributed by atoms with Gasteiger partial charge in [-0.25, -0.2) is 4.79 Å². The molecule has 230 valence electrons. The quantitative estimate of drug-likeness (QED) is 0.302. The molecule has 0 bridgehead atoms. The molecule has 8 nitrogen and oxygen atoms in total. The number of nitrogens with one attached hydrogen (secondary N) is 2. The fraction of sp³-hybridized carbons (Fsp3) is 0.576. The number of phenolic OH excluding ortho intramolecular Hbond substituents is 1. The molecule has 0 aromatic heterocycles. The maximum atomic E-state index is 13.0. The van der Waals surface area contributed by atoms with Crippen LogP contribution in [-0.2, 0) is 15.9 Å². The molecule has 1 aliphatic heterocycles. The van der Waals surface area contributed by atoms with Crippen LogP contribution >= 0.6 is 11.8 Å². The SMILES string of the molecule is CC(C)(C)OC(=O)NC(CNC(=O)c1ccccc1O)C(Cc1ccc(N2CCOCC2)cc1)SCC1CCCCC1. The van der Waals surface area contributed by atoms with E-state index in [1.165, 1.54) is 49.4 Å². The molecule has 0 spiro atoms. The highest BCUT2D eigenvalue weighted by atomic mass is 32.2. The summed E-state index contributed by atoms with van der Waals surface area (Å²) >= 11 is 1.88. The Balaban J connectivity index is 1.52. The number of benzene rings is 2. The lowest BCUT2D eigenvalue weighted by atomic mass is 9.91. The Morgan fingerprint density at radius 1 is 1.05 bits per heavy atom. The van der Waals surface area contributed by atoms with Gasteiger partial charge in [0.05, 0.1) is 24.8 Å². The summed E-state index contributed by atoms with van der Waals surface area (Å²) in [5.74, 6) is 1.22. The first kappa shape index (κ1) is 32.0. The van der Waals surface area contributed by atoms with Crippen LogP contribution in [0.5, 0.6) is 5.75 Å². The van der Waals surface area contributed by atoms with E-state index in [4.69, 9.17) is 9.47 Å². The second kappa shape index (κ2) is 15.5. The number of ether oxygens (including phenoxy) is 2. The molecule has 3 N–H and O–H groups in total. The van der Waals surface area contributed by atoms with E-state index in [0.29, 0.717) is 5.92 Å². The summed E-state index contributed by atoms with van der Waals surface area (Å²) in [6.07, 6.45) is 6.55. The molecule has 2 fully saturated rings. The summed E-state index contributed by atoms with van der Waals surface area (Å²) in [7, 11) is 0. The first-order valence-electron chi connectivity index (χ1n) is 15.3. The van der Waals surface area contributed by atoms with E-state index in [9.17, 15) is 14.7 Å². The van der Waals surface area contributed by atoms with Gasteiger partial charge in [-0.3, -0.25) is 4.79 Å². The van der Waals surface area contributed by atoms with Gasteiger partial charge in [-0.15, -0.1) is 0 Å². The standard InChI is InChI=1S/C33H47N3O5S/c1-33(2,3)41-32(39)35-28(22-34-31(38)27-11-7-8-12-29(27)37)30(42-23-25-9-5-4-6-10-25)21-24-13-15-26(16-14-24)36-17-19-40-20-18-36/h7-8,11-16,25,28,30,37H,4-6,9-10,17-23H2,1-3H3,(H,34,38)(H,35,39). The third-order valence-corrected chi connectivity index (χ3v) is 9.39. The van der Waals surface area contributed by atoms with E-state index in [1.54, 1.807) is 18.2 Å². The normalized spacial score (nSPS) is 17.7. The lowest BCUT2D eigenvalue weighted by molar-refractivity contribution is 0.0500. The number of aromatic hydroxyl groups is 1. The van der Waals surface area contributed by atoms with Gasteiger partial charge < -0.3 is 30.1 Å². The van der Waals surface area contributed by atoms with Gasteiger partial charge in [0.1, 0.15) is 11.4 Å². The monoisotopic (exact) mass is 597 g/mol. The number of phenols is 1. The maximum absolute atomic E-state index is 13.0. The van der Waals surface area contributed by atoms with Crippen molar-refractivity contribution in [3.63, 3.8) is 0 Å². The van der Waals surface area contributed by atoms with Crippen molar-refractivity contribution < 1.29 is 24.2 Å². The molecule has 42 heavy (non-hydrogen) atoms. The summed E-state index contributed by atoms with van der Waals surface area (Å²) in [4.78, 5) is 28.4. The zero-order valence-electron chi connectivity index (χ0n) is 25.3. The smallest absolute Gasteiger partial charge is 0.407 e. The van der Waals surface area contributed by atoms with E-state index in [0.717, 1.165) is 38.5 Å². The van der Waals surface area contributed by atoms with Crippen molar-refractivity contribution >= 4 is 29.4 Å². The zero-order valence-corrected chi connectivity index (χ0v) is 26.1. The topological polar surface area (TPSA) is 100 Å². The Kier molecular flexibility index (Phi) is 11.8. The van der Waals surface area contributed by atoms with Crippen molar-refractivity contribution in [2.75, 3.05) is 43.5 Å². The van der Waals surface area contributed by atoms with Crippen LogP contribution in [0.3, 0.4) is 0 Å². The first-order chi connectivity index (χ1) is 20.2. The predicted octanol–water partition coefficient (Wildman–Crippen LogP) is 5.78. The van der Waals surface area contributed by atoms with Crippen molar-refractivity contribution in [2.45, 2.75) is 76.2 Å². The number of hydrogen-bond acceptors (Lipinski definition) is 7. The van der Waals surface area contributed by atoms with Crippen molar-refractivity contribution in [3.8, 4) is 5.75 Å². The van der Waals surface area contributed by atoms with E-state index in [-0.39, 0.29) is 35.1 Å². The van der Waals surface area contributed by atoms with Crippen molar-refractivity contribution in [2.24, 2.45) is 5.92 Å². The molecule has 2 atom stereocenters. The third-order valence-electron chi connectivity index (χ3n) is 7.80. The van der Waals surface area contributed by atoms with Crippen molar-refractivity contribution in [3.05, 3.63) is 59.7 Å². The number of amides is 2. The minimum absolute atomic E-state index is 0.00153. The number of carbonyl (C=O) groups is 2. The Hall–Kier alpha value is -2.91. The maximum Gasteiger partial charge on any atom is 0.407 e. The van der Waals surface area contributed by atoms with Crippen LogP contribution in [0, 0.1) is 5.92 Å². The average molecular weight is 598 g/mol. The molecule has 2 aromatic carbocycles. The predicted molar refractivity (Wildman–Crippen MR) is 170 cm³/mol. The average Bonchev–Trinajstić information content (AvgIpc) is 2.98. The van der Waals surface area contributed by atoms with Gasteiger partial charge in [-0.1, -0.05) is 43.5 Å². The molecule has 1 aliphatic carbocycles. The largest absolute Gasteiger partial charge is 0.507 e. The van der Waals surface area contributed by atoms with E-state index >= 15 is 0 Å². The van der Waals surface area contributed by atoms with Crippen LogP contribution in [0.1, 0.15) is 68.8 Å². The fourth-order valence-corrected chi connectivity index (χ4v) is 7.08. The zero-order chi connectivity index (χ0) is 30.0. The third kappa shape index (κ3) is 10.1. The van der Waals surface area contributed by atoms with Crippen LogP contribution in [0.15, 0.2) is 48.5 Å². The minimum Gasteiger partial charge on any atom is -0.507 e. The van der Waals surface area contributed by atoms with Gasteiger partial charge in [-0.2, -0.15) is 11.8 Å². The molecule has 0 radical (unpaired) electrons. The fourth-order valence-electron chi connectivity index (χ4n) is 5.53. The number of para-hydroxylation sites is 1. The van der Waals surface area contributed by atoms with Crippen molar-refractivity contribution in [1.82, 2.24) is 10.6 Å². The Morgan fingerprint density at radius 2 is 1.74 bits per heavy atom. The highest BCUT2D eigenvalue weighted by Crippen LogP contribution is 2.31. The Morgan fingerprint density at radius 3 is 2.40 bits per heavy atom. The van der Waals surface area contributed by atoms with Gasteiger partial charge in [0.2, 0.25) is 0 Å². The van der Waals surface area contributed by atoms with Gasteiger partial charge >= 0.3 is 6.09 Å². The number of carbonyl (C=O) groups excluding carboxylic acids is 2. The van der Waals surface area contributed by atoms with Crippen LogP contribution in [0.2, 0.25) is 0 Å². The van der Waals surface area contributed by atoms with Gasteiger partial charge in [0, 0.05) is 30.6 Å². The summed E-state index contributed by atoms with van der Waals surface area (Å²) in [5.41, 5.74) is 1.93. The van der Waals surface area contributed by atoms with Crippen LogP contribution in [0.25, 0.3) is 0 Å². The van der Waals surface area contributed by atoms with E-state index in [2.05, 4.69) is 39.8 Å². The molecule has 1 saturated heterocycles. The molecule has 2 amide bonds. The molecule has 2 unspecified atom stereocenters. The summed E-state index contributed by atoms with van der Waals surface area (Å²) in [6.45, 7) is 8.99. The summed E-state index contributed by atoms with van der Waals surface area (Å²) in [5, 5.41) is 16.2. The highest BCUT2D eigenvalue weighted by molar-refractivity contribution is 7.99. The molecule has 4 rings (SSSR count). The molecular formula is C33H47N3O5S. The van der Waals surface area contributed by atoms with Crippen LogP contribution in [-0.4, -0.2) is 72.6 Å². The van der Waals surface area contributed by atoms with Gasteiger partial charge in [0.25, 0.3) is 5.91 Å². The number of thioether (sulfide) groups is 1. The number of anilines is 1. The Labute approximate surface area is 254 Å². The molecule has 1 saturated carbocycles. The van der Waals surface area contributed by atoms with Crippen LogP contribution in [0.4, 0.5) is 10.5 Å². The number of alkyl carbamates (subject to hydrolysis) is 1. The van der Waals surface area contributed by atoms with Gasteiger partial charge in [0.15, 0.2) is 0 Å². The molecule has 2 aliphatic rings.